The van der Waals surface area contributed by atoms with Crippen molar-refractivity contribution in [2.75, 3.05) is 13.6 Å². The molecule has 1 N–H and O–H groups in total. The normalized spacial score (nSPS) is 12.6. The van der Waals surface area contributed by atoms with Crippen molar-refractivity contribution in [1.82, 2.24) is 19.8 Å². The van der Waals surface area contributed by atoms with Gasteiger partial charge >= 0.3 is 0 Å². The van der Waals surface area contributed by atoms with Gasteiger partial charge in [-0.2, -0.15) is 0 Å². The van der Waals surface area contributed by atoms with Gasteiger partial charge in [-0.1, -0.05) is 0 Å². The Morgan fingerprint density at radius 3 is 2.63 bits per heavy atom. The lowest BCUT2D eigenvalue weighted by Crippen LogP contribution is -2.35. The van der Waals surface area contributed by atoms with E-state index in [4.69, 9.17) is 0 Å². The predicted octanol–water partition coefficient (Wildman–Crippen LogP) is 2.50. The van der Waals surface area contributed by atoms with Gasteiger partial charge in [0.2, 0.25) is 0 Å². The Kier molecular flexibility index (Phi) is 6.01. The monoisotopic (exact) mass is 266 g/mol. The van der Waals surface area contributed by atoms with Crippen LogP contribution < -0.4 is 5.32 Å². The molecule has 0 aromatic carbocycles. The molecule has 0 amide bonds. The van der Waals surface area contributed by atoms with Gasteiger partial charge in [0, 0.05) is 30.9 Å². The van der Waals surface area contributed by atoms with Crippen LogP contribution in [0.3, 0.4) is 0 Å². The van der Waals surface area contributed by atoms with Gasteiger partial charge in [-0.25, -0.2) is 4.98 Å². The number of nitrogens with one attached hydrogen (secondary N) is 1. The fourth-order valence-electron chi connectivity index (χ4n) is 1.80. The minimum absolute atomic E-state index is 0.146. The van der Waals surface area contributed by atoms with Gasteiger partial charge in [0.25, 0.3) is 0 Å². The van der Waals surface area contributed by atoms with Crippen molar-refractivity contribution in [3.8, 4) is 0 Å². The van der Waals surface area contributed by atoms with Crippen molar-refractivity contribution in [1.29, 1.82) is 0 Å². The second-order valence-electron chi connectivity index (χ2n) is 6.61. The van der Waals surface area contributed by atoms with E-state index in [1.165, 1.54) is 5.69 Å². The zero-order valence-electron chi connectivity index (χ0n) is 13.4. The molecule has 4 heteroatoms. The highest BCUT2D eigenvalue weighted by Crippen LogP contribution is 2.06. The molecule has 0 bridgehead atoms. The van der Waals surface area contributed by atoms with E-state index in [-0.39, 0.29) is 5.54 Å². The number of rotatable bonds is 7. The Hall–Kier alpha value is -0.870. The molecule has 0 aliphatic rings. The Bertz CT molecular complexity index is 362. The smallest absolute Gasteiger partial charge is 0.0948 e. The van der Waals surface area contributed by atoms with Gasteiger partial charge < -0.3 is 14.8 Å². The highest BCUT2D eigenvalue weighted by molar-refractivity contribution is 4.98. The summed E-state index contributed by atoms with van der Waals surface area (Å²) in [6.07, 6.45) is 5.06. The van der Waals surface area contributed by atoms with Crippen molar-refractivity contribution in [2.45, 2.75) is 65.7 Å². The SMILES string of the molecule is CC(C)N(C)CCCn1cncc1CNC(C)(C)C. The van der Waals surface area contributed by atoms with E-state index in [2.05, 4.69) is 61.4 Å². The molecule has 0 saturated heterocycles. The van der Waals surface area contributed by atoms with Gasteiger partial charge in [0.15, 0.2) is 0 Å². The van der Waals surface area contributed by atoms with Crippen molar-refractivity contribution >= 4 is 0 Å². The average Bonchev–Trinajstić information content (AvgIpc) is 2.72. The van der Waals surface area contributed by atoms with Crippen LogP contribution in [0.15, 0.2) is 12.5 Å². The fraction of sp³-hybridized carbons (Fsp3) is 0.800. The van der Waals surface area contributed by atoms with Crippen LogP contribution in [-0.2, 0) is 13.1 Å². The van der Waals surface area contributed by atoms with Gasteiger partial charge in [0.1, 0.15) is 0 Å². The molecule has 19 heavy (non-hydrogen) atoms. The lowest BCUT2D eigenvalue weighted by atomic mass is 10.1. The molecule has 0 aliphatic carbocycles. The van der Waals surface area contributed by atoms with Crippen molar-refractivity contribution < 1.29 is 0 Å². The van der Waals surface area contributed by atoms with Crippen LogP contribution >= 0.6 is 0 Å². The summed E-state index contributed by atoms with van der Waals surface area (Å²) in [5, 5.41) is 3.51. The van der Waals surface area contributed by atoms with E-state index in [1.807, 2.05) is 12.5 Å². The minimum atomic E-state index is 0.146. The molecule has 4 nitrogen and oxygen atoms in total. The molecule has 0 fully saturated rings. The number of aryl methyl sites for hydroxylation is 1. The van der Waals surface area contributed by atoms with E-state index in [1.54, 1.807) is 0 Å². The van der Waals surface area contributed by atoms with Gasteiger partial charge in [-0.15, -0.1) is 0 Å². The molecule has 0 radical (unpaired) electrons. The third-order valence-electron chi connectivity index (χ3n) is 3.39. The zero-order chi connectivity index (χ0) is 14.5. The number of aromatic nitrogens is 2. The maximum absolute atomic E-state index is 4.27. The van der Waals surface area contributed by atoms with Crippen molar-refractivity contribution in [2.24, 2.45) is 0 Å². The predicted molar refractivity (Wildman–Crippen MR) is 81.2 cm³/mol. The third-order valence-corrected chi connectivity index (χ3v) is 3.39. The van der Waals surface area contributed by atoms with Crippen LogP contribution in [0.4, 0.5) is 0 Å². The fourth-order valence-corrected chi connectivity index (χ4v) is 1.80. The van der Waals surface area contributed by atoms with Crippen LogP contribution in [0, 0.1) is 0 Å². The van der Waals surface area contributed by atoms with Gasteiger partial charge in [0.05, 0.1) is 12.0 Å². The maximum atomic E-state index is 4.27. The summed E-state index contributed by atoms with van der Waals surface area (Å²) in [7, 11) is 2.18. The first-order chi connectivity index (χ1) is 8.79. The van der Waals surface area contributed by atoms with Crippen LogP contribution in [0.1, 0.15) is 46.7 Å². The summed E-state index contributed by atoms with van der Waals surface area (Å²) in [6, 6.07) is 0.616. The first kappa shape index (κ1) is 16.2. The van der Waals surface area contributed by atoms with Crippen LogP contribution in [0.25, 0.3) is 0 Å². The molecule has 0 spiro atoms. The maximum Gasteiger partial charge on any atom is 0.0948 e. The standard InChI is InChI=1S/C15H30N4/c1-13(2)18(6)8-7-9-19-12-16-10-14(19)11-17-15(3,4)5/h10,12-13,17H,7-9,11H2,1-6H3. The molecular weight excluding hydrogens is 236 g/mol. The van der Waals surface area contributed by atoms with E-state index in [9.17, 15) is 0 Å². The Morgan fingerprint density at radius 1 is 1.37 bits per heavy atom. The Morgan fingerprint density at radius 2 is 2.05 bits per heavy atom. The number of hydrogen-bond donors (Lipinski definition) is 1. The minimum Gasteiger partial charge on any atom is -0.333 e. The van der Waals surface area contributed by atoms with Crippen LogP contribution in [0.2, 0.25) is 0 Å². The molecular formula is C15H30N4. The average molecular weight is 266 g/mol. The van der Waals surface area contributed by atoms with Crippen molar-refractivity contribution in [3.63, 3.8) is 0 Å². The second-order valence-corrected chi connectivity index (χ2v) is 6.61. The summed E-state index contributed by atoms with van der Waals surface area (Å²) < 4.78 is 2.26. The molecule has 0 atom stereocenters. The molecule has 1 aromatic heterocycles. The summed E-state index contributed by atoms with van der Waals surface area (Å²) >= 11 is 0. The van der Waals surface area contributed by atoms with Crippen LogP contribution in [-0.4, -0.2) is 39.6 Å². The molecule has 110 valence electrons. The molecule has 1 rings (SSSR count). The molecule has 0 aliphatic heterocycles. The first-order valence-corrected chi connectivity index (χ1v) is 7.24. The molecule has 1 heterocycles. The highest BCUT2D eigenvalue weighted by atomic mass is 15.1. The molecule has 0 saturated carbocycles. The number of nitrogens with zero attached hydrogens (tertiary/aromatic N) is 3. The van der Waals surface area contributed by atoms with E-state index in [0.29, 0.717) is 6.04 Å². The second kappa shape index (κ2) is 7.06. The Balaban J connectivity index is 2.40. The Labute approximate surface area is 118 Å². The lowest BCUT2D eigenvalue weighted by Gasteiger charge is -2.22. The summed E-state index contributed by atoms with van der Waals surface area (Å²) in [6.45, 7) is 14.1. The third kappa shape index (κ3) is 6.21. The first-order valence-electron chi connectivity index (χ1n) is 7.24. The van der Waals surface area contributed by atoms with Crippen molar-refractivity contribution in [3.05, 3.63) is 18.2 Å². The number of imidazole rings is 1. The summed E-state index contributed by atoms with van der Waals surface area (Å²) in [5.41, 5.74) is 1.41. The number of hydrogen-bond acceptors (Lipinski definition) is 3. The van der Waals surface area contributed by atoms with E-state index < -0.39 is 0 Å². The molecule has 1 aromatic rings. The van der Waals surface area contributed by atoms with Crippen LogP contribution in [0.5, 0.6) is 0 Å². The summed E-state index contributed by atoms with van der Waals surface area (Å²) in [5.74, 6) is 0. The molecule has 0 unspecified atom stereocenters. The topological polar surface area (TPSA) is 33.1 Å². The zero-order valence-corrected chi connectivity index (χ0v) is 13.4. The quantitative estimate of drug-likeness (QED) is 0.823. The summed E-state index contributed by atoms with van der Waals surface area (Å²) in [4.78, 5) is 6.64. The van der Waals surface area contributed by atoms with Gasteiger partial charge in [-0.3, -0.25) is 0 Å². The van der Waals surface area contributed by atoms with Gasteiger partial charge in [-0.05, 0) is 54.6 Å². The van der Waals surface area contributed by atoms with E-state index in [0.717, 1.165) is 26.1 Å². The van der Waals surface area contributed by atoms with E-state index >= 15 is 0 Å². The lowest BCUT2D eigenvalue weighted by molar-refractivity contribution is 0.265. The highest BCUT2D eigenvalue weighted by Gasteiger charge is 2.10. The largest absolute Gasteiger partial charge is 0.333 e.